The molecule has 2 aromatic carbocycles. The van der Waals surface area contributed by atoms with Gasteiger partial charge in [-0.15, -0.1) is 0 Å². The molecule has 3 rings (SSSR count). The molecule has 1 N–H and O–H groups in total. The standard InChI is InChI=1S/C22H26N2O2/c1-14(2)17-8-10-19(11-9-17)24-13-18(12-21(24)25)22(26)23-20-7-5-6-15(3)16(20)4/h5-11,14,18H,12-13H2,1-4H3,(H,23,26). The Kier molecular flexibility index (Phi) is 5.12. The second kappa shape index (κ2) is 7.32. The SMILES string of the molecule is Cc1cccc(NC(=O)C2CC(=O)N(c3ccc(C(C)C)cc3)C2)c1C. The van der Waals surface area contributed by atoms with Crippen molar-refractivity contribution in [3.05, 3.63) is 59.2 Å². The number of nitrogens with zero attached hydrogens (tertiary/aromatic N) is 1. The Labute approximate surface area is 155 Å². The summed E-state index contributed by atoms with van der Waals surface area (Å²) in [6.07, 6.45) is 0.253. The number of hydrogen-bond donors (Lipinski definition) is 1. The first-order chi connectivity index (χ1) is 12.4. The van der Waals surface area contributed by atoms with Gasteiger partial charge in [0.15, 0.2) is 0 Å². The first-order valence-corrected chi connectivity index (χ1v) is 9.14. The van der Waals surface area contributed by atoms with Crippen molar-refractivity contribution in [2.75, 3.05) is 16.8 Å². The number of benzene rings is 2. The second-order valence-corrected chi connectivity index (χ2v) is 7.39. The Morgan fingerprint density at radius 2 is 1.81 bits per heavy atom. The van der Waals surface area contributed by atoms with Gasteiger partial charge >= 0.3 is 0 Å². The Hall–Kier alpha value is -2.62. The van der Waals surface area contributed by atoms with E-state index in [2.05, 4.69) is 31.3 Å². The first-order valence-electron chi connectivity index (χ1n) is 9.14. The molecule has 2 amide bonds. The largest absolute Gasteiger partial charge is 0.326 e. The smallest absolute Gasteiger partial charge is 0.229 e. The molecule has 1 fully saturated rings. The van der Waals surface area contributed by atoms with Crippen LogP contribution in [0.25, 0.3) is 0 Å². The number of hydrogen-bond acceptors (Lipinski definition) is 2. The van der Waals surface area contributed by atoms with Crippen LogP contribution in [0, 0.1) is 19.8 Å². The third kappa shape index (κ3) is 3.64. The molecule has 0 radical (unpaired) electrons. The van der Waals surface area contributed by atoms with Gasteiger partial charge in [-0.3, -0.25) is 9.59 Å². The fraction of sp³-hybridized carbons (Fsp3) is 0.364. The average Bonchev–Trinajstić information content (AvgIpc) is 3.01. The highest BCUT2D eigenvalue weighted by Gasteiger charge is 2.35. The molecule has 0 saturated carbocycles. The van der Waals surface area contributed by atoms with Gasteiger partial charge in [-0.1, -0.05) is 38.1 Å². The van der Waals surface area contributed by atoms with E-state index in [1.807, 2.05) is 44.2 Å². The van der Waals surface area contributed by atoms with Gasteiger partial charge < -0.3 is 10.2 Å². The van der Waals surface area contributed by atoms with Gasteiger partial charge in [0.05, 0.1) is 5.92 Å². The van der Waals surface area contributed by atoms with Crippen LogP contribution < -0.4 is 10.2 Å². The van der Waals surface area contributed by atoms with E-state index in [0.29, 0.717) is 12.5 Å². The van der Waals surface area contributed by atoms with Gasteiger partial charge in [-0.25, -0.2) is 0 Å². The van der Waals surface area contributed by atoms with Crippen LogP contribution in [-0.2, 0) is 9.59 Å². The molecule has 0 aliphatic carbocycles. The minimum absolute atomic E-state index is 0.00316. The summed E-state index contributed by atoms with van der Waals surface area (Å²) in [5.74, 6) is 0.0402. The first kappa shape index (κ1) is 18.2. The Morgan fingerprint density at radius 1 is 1.12 bits per heavy atom. The van der Waals surface area contributed by atoms with Crippen LogP contribution in [0.5, 0.6) is 0 Å². The third-order valence-electron chi connectivity index (χ3n) is 5.23. The summed E-state index contributed by atoms with van der Waals surface area (Å²) < 4.78 is 0. The molecule has 1 atom stereocenters. The third-order valence-corrected chi connectivity index (χ3v) is 5.23. The lowest BCUT2D eigenvalue weighted by Gasteiger charge is -2.18. The summed E-state index contributed by atoms with van der Waals surface area (Å²) in [7, 11) is 0. The zero-order valence-electron chi connectivity index (χ0n) is 15.9. The normalized spacial score (nSPS) is 17.0. The van der Waals surface area contributed by atoms with E-state index in [1.54, 1.807) is 4.90 Å². The number of aryl methyl sites for hydroxylation is 1. The molecule has 136 valence electrons. The highest BCUT2D eigenvalue weighted by atomic mass is 16.2. The van der Waals surface area contributed by atoms with Crippen LogP contribution in [0.2, 0.25) is 0 Å². The van der Waals surface area contributed by atoms with Crippen LogP contribution in [0.1, 0.15) is 42.9 Å². The monoisotopic (exact) mass is 350 g/mol. The van der Waals surface area contributed by atoms with Crippen molar-refractivity contribution >= 4 is 23.2 Å². The van der Waals surface area contributed by atoms with Gasteiger partial charge in [-0.2, -0.15) is 0 Å². The molecule has 1 heterocycles. The molecule has 1 unspecified atom stereocenters. The fourth-order valence-corrected chi connectivity index (χ4v) is 3.29. The highest BCUT2D eigenvalue weighted by molar-refractivity contribution is 6.03. The summed E-state index contributed by atoms with van der Waals surface area (Å²) in [4.78, 5) is 26.8. The van der Waals surface area contributed by atoms with E-state index in [4.69, 9.17) is 0 Å². The van der Waals surface area contributed by atoms with E-state index in [0.717, 1.165) is 22.5 Å². The summed E-state index contributed by atoms with van der Waals surface area (Å²) in [5, 5.41) is 2.99. The molecular weight excluding hydrogens is 324 g/mol. The minimum atomic E-state index is -0.327. The number of amides is 2. The van der Waals surface area contributed by atoms with Crippen molar-refractivity contribution in [3.8, 4) is 0 Å². The molecule has 4 heteroatoms. The average molecular weight is 350 g/mol. The van der Waals surface area contributed by atoms with Crippen LogP contribution in [0.4, 0.5) is 11.4 Å². The molecule has 4 nitrogen and oxygen atoms in total. The number of nitrogens with one attached hydrogen (secondary N) is 1. The highest BCUT2D eigenvalue weighted by Crippen LogP contribution is 2.28. The Balaban J connectivity index is 1.70. The van der Waals surface area contributed by atoms with Gasteiger partial charge in [-0.05, 0) is 54.7 Å². The Morgan fingerprint density at radius 3 is 2.46 bits per heavy atom. The van der Waals surface area contributed by atoms with Crippen LogP contribution in [-0.4, -0.2) is 18.4 Å². The van der Waals surface area contributed by atoms with Crippen molar-refractivity contribution < 1.29 is 9.59 Å². The number of carbonyl (C=O) groups is 2. The van der Waals surface area contributed by atoms with E-state index in [9.17, 15) is 9.59 Å². The van der Waals surface area contributed by atoms with Crippen molar-refractivity contribution in [2.45, 2.75) is 40.0 Å². The maximum Gasteiger partial charge on any atom is 0.229 e. The quantitative estimate of drug-likeness (QED) is 0.887. The van der Waals surface area contributed by atoms with E-state index in [1.165, 1.54) is 5.56 Å². The van der Waals surface area contributed by atoms with Crippen LogP contribution >= 0.6 is 0 Å². The van der Waals surface area contributed by atoms with Crippen molar-refractivity contribution in [1.82, 2.24) is 0 Å². The summed E-state index contributed by atoms with van der Waals surface area (Å²) in [5.41, 5.74) is 5.12. The van der Waals surface area contributed by atoms with Crippen molar-refractivity contribution in [3.63, 3.8) is 0 Å². The molecule has 1 aliphatic rings. The summed E-state index contributed by atoms with van der Waals surface area (Å²) in [6.45, 7) is 8.73. The van der Waals surface area contributed by atoms with Crippen LogP contribution in [0.15, 0.2) is 42.5 Å². The van der Waals surface area contributed by atoms with Crippen molar-refractivity contribution in [2.24, 2.45) is 5.92 Å². The van der Waals surface area contributed by atoms with E-state index >= 15 is 0 Å². The summed E-state index contributed by atoms with van der Waals surface area (Å²) in [6, 6.07) is 13.9. The molecule has 2 aromatic rings. The predicted octanol–water partition coefficient (Wildman–Crippen LogP) is 4.42. The van der Waals surface area contributed by atoms with Crippen molar-refractivity contribution in [1.29, 1.82) is 0 Å². The summed E-state index contributed by atoms with van der Waals surface area (Å²) >= 11 is 0. The molecule has 1 saturated heterocycles. The topological polar surface area (TPSA) is 49.4 Å². The maximum absolute atomic E-state index is 12.7. The molecule has 1 aliphatic heterocycles. The van der Waals surface area contributed by atoms with Gasteiger partial charge in [0, 0.05) is 24.3 Å². The molecule has 0 aromatic heterocycles. The minimum Gasteiger partial charge on any atom is -0.326 e. The maximum atomic E-state index is 12.7. The predicted molar refractivity (Wildman–Crippen MR) is 106 cm³/mol. The molecule has 0 bridgehead atoms. The van der Waals surface area contributed by atoms with Gasteiger partial charge in [0.25, 0.3) is 0 Å². The lowest BCUT2D eigenvalue weighted by molar-refractivity contribution is -0.122. The number of rotatable bonds is 4. The lowest BCUT2D eigenvalue weighted by Crippen LogP contribution is -2.28. The van der Waals surface area contributed by atoms with E-state index < -0.39 is 0 Å². The molecule has 0 spiro atoms. The lowest BCUT2D eigenvalue weighted by atomic mass is 10.0. The second-order valence-electron chi connectivity index (χ2n) is 7.39. The fourth-order valence-electron chi connectivity index (χ4n) is 3.29. The zero-order chi connectivity index (χ0) is 18.8. The molecule has 26 heavy (non-hydrogen) atoms. The number of carbonyl (C=O) groups excluding carboxylic acids is 2. The van der Waals surface area contributed by atoms with E-state index in [-0.39, 0.29) is 24.2 Å². The number of anilines is 2. The van der Waals surface area contributed by atoms with Gasteiger partial charge in [0.2, 0.25) is 11.8 Å². The zero-order valence-corrected chi connectivity index (χ0v) is 15.9. The van der Waals surface area contributed by atoms with Gasteiger partial charge in [0.1, 0.15) is 0 Å². The molecular formula is C22H26N2O2. The Bertz CT molecular complexity index is 825. The van der Waals surface area contributed by atoms with Crippen LogP contribution in [0.3, 0.4) is 0 Å².